The smallest absolute Gasteiger partial charge is 0.290 e. The van der Waals surface area contributed by atoms with Gasteiger partial charge in [0.05, 0.1) is 19.3 Å². The molecule has 3 heterocycles. The van der Waals surface area contributed by atoms with Crippen molar-refractivity contribution in [3.05, 3.63) is 42.2 Å². The molecule has 1 aromatic heterocycles. The molecule has 4 atom stereocenters. The van der Waals surface area contributed by atoms with Crippen molar-refractivity contribution in [3.8, 4) is 11.4 Å². The number of aliphatic hydroxyl groups is 1. The molecule has 1 amide bonds. The number of ether oxygens (including phenoxy) is 2. The Morgan fingerprint density at radius 2 is 1.88 bits per heavy atom. The molecule has 4 N–H and O–H groups in total. The van der Waals surface area contributed by atoms with Gasteiger partial charge in [-0.2, -0.15) is 0 Å². The Kier molecular flexibility index (Phi) is 5.31. The van der Waals surface area contributed by atoms with Crippen LogP contribution in [-0.4, -0.2) is 63.7 Å². The number of fused-ring (bicyclic) bond motifs is 1. The minimum Gasteiger partial charge on any atom is -0.483 e. The highest BCUT2D eigenvalue weighted by Crippen LogP contribution is 2.36. The highest BCUT2D eigenvalue weighted by molar-refractivity contribution is 5.93. The van der Waals surface area contributed by atoms with E-state index in [0.717, 1.165) is 11.4 Å². The van der Waals surface area contributed by atoms with E-state index in [1.165, 1.54) is 0 Å². The Morgan fingerprint density at radius 1 is 1.23 bits per heavy atom. The predicted octanol–water partition coefficient (Wildman–Crippen LogP) is 0.0494. The zero-order valence-corrected chi connectivity index (χ0v) is 13.8. The van der Waals surface area contributed by atoms with Crippen LogP contribution in [0.15, 0.2) is 36.7 Å². The molecule has 9 nitrogen and oxygen atoms in total. The largest absolute Gasteiger partial charge is 0.483 e. The lowest BCUT2D eigenvalue weighted by Gasteiger charge is -2.19. The third-order valence-electron chi connectivity index (χ3n) is 4.45. The van der Waals surface area contributed by atoms with Crippen molar-refractivity contribution in [2.45, 2.75) is 24.4 Å². The molecule has 0 aliphatic carbocycles. The molecule has 2 aliphatic heterocycles. The first-order valence-corrected chi connectivity index (χ1v) is 7.99. The summed E-state index contributed by atoms with van der Waals surface area (Å²) in [5.41, 5.74) is 6.60. The molecular weight excluding hydrogens is 342 g/mol. The van der Waals surface area contributed by atoms with Gasteiger partial charge in [0.15, 0.2) is 0 Å². The van der Waals surface area contributed by atoms with Crippen molar-refractivity contribution < 1.29 is 29.3 Å². The van der Waals surface area contributed by atoms with Crippen LogP contribution in [0.2, 0.25) is 0 Å². The van der Waals surface area contributed by atoms with Crippen molar-refractivity contribution in [1.29, 1.82) is 0 Å². The summed E-state index contributed by atoms with van der Waals surface area (Å²) in [7, 11) is 0. The third-order valence-corrected chi connectivity index (χ3v) is 4.45. The average Bonchev–Trinajstić information content (AvgIpc) is 3.33. The SMILES string of the molecule is NC(=O)c1ccc(-c2nccn2[C@@H]2CO[C@H]3[C@@H]2OC[C@H]3O)cc1.O=CO. The van der Waals surface area contributed by atoms with Crippen LogP contribution in [0.25, 0.3) is 11.4 Å². The molecule has 0 saturated carbocycles. The van der Waals surface area contributed by atoms with E-state index in [4.69, 9.17) is 25.1 Å². The minimum atomic E-state index is -0.577. The summed E-state index contributed by atoms with van der Waals surface area (Å²) >= 11 is 0. The predicted molar refractivity (Wildman–Crippen MR) is 89.4 cm³/mol. The lowest BCUT2D eigenvalue weighted by molar-refractivity contribution is -0.122. The summed E-state index contributed by atoms with van der Waals surface area (Å²) in [4.78, 5) is 23.9. The topological polar surface area (TPSA) is 137 Å². The number of carbonyl (C=O) groups excluding carboxylic acids is 1. The van der Waals surface area contributed by atoms with Gasteiger partial charge in [-0.05, 0) is 12.1 Å². The molecule has 4 rings (SSSR count). The number of rotatable bonds is 3. The Bertz CT molecular complexity index is 775. The van der Waals surface area contributed by atoms with Crippen LogP contribution in [0.4, 0.5) is 0 Å². The fourth-order valence-corrected chi connectivity index (χ4v) is 3.29. The van der Waals surface area contributed by atoms with Crippen LogP contribution < -0.4 is 5.73 Å². The first-order valence-electron chi connectivity index (χ1n) is 7.99. The number of carbonyl (C=O) groups is 2. The molecule has 0 unspecified atom stereocenters. The summed E-state index contributed by atoms with van der Waals surface area (Å²) in [6.45, 7) is 0.512. The first kappa shape index (κ1) is 18.1. The van der Waals surface area contributed by atoms with E-state index in [9.17, 15) is 9.90 Å². The van der Waals surface area contributed by atoms with Gasteiger partial charge in [0.25, 0.3) is 6.47 Å². The van der Waals surface area contributed by atoms with Crippen molar-refractivity contribution >= 4 is 12.4 Å². The number of hydrogen-bond acceptors (Lipinski definition) is 6. The third kappa shape index (κ3) is 3.32. The maximum Gasteiger partial charge on any atom is 0.290 e. The van der Waals surface area contributed by atoms with Gasteiger partial charge < -0.3 is 30.0 Å². The number of nitrogens with two attached hydrogens (primary N) is 1. The first-order chi connectivity index (χ1) is 12.6. The fraction of sp³-hybridized carbons (Fsp3) is 0.353. The lowest BCUT2D eigenvalue weighted by Crippen LogP contribution is -2.30. The van der Waals surface area contributed by atoms with Crippen molar-refractivity contribution in [1.82, 2.24) is 9.55 Å². The standard InChI is InChI=1S/C16H17N3O4.CH2O2/c17-15(21)9-1-3-10(4-2-9)16-18-5-6-19(16)11-7-22-14-12(20)8-23-13(11)14;2-1-3/h1-6,11-14,20H,7-8H2,(H2,17,21);1H,(H,2,3)/t11-,12-,13-,14-;/m1./s1. The summed E-state index contributed by atoms with van der Waals surface area (Å²) < 4.78 is 13.4. The number of amides is 1. The maximum atomic E-state index is 11.2. The van der Waals surface area contributed by atoms with Crippen LogP contribution in [0.1, 0.15) is 16.4 Å². The normalized spacial score (nSPS) is 26.7. The quantitative estimate of drug-likeness (QED) is 0.657. The van der Waals surface area contributed by atoms with Gasteiger partial charge >= 0.3 is 0 Å². The molecule has 2 fully saturated rings. The summed E-state index contributed by atoms with van der Waals surface area (Å²) in [6, 6.07) is 6.96. The number of primary amides is 1. The zero-order valence-electron chi connectivity index (χ0n) is 13.8. The Labute approximate surface area is 149 Å². The molecule has 0 spiro atoms. The number of carboxylic acid groups (broad SMARTS) is 1. The maximum absolute atomic E-state index is 11.2. The summed E-state index contributed by atoms with van der Waals surface area (Å²) in [5.74, 6) is 0.306. The van der Waals surface area contributed by atoms with Gasteiger partial charge in [-0.1, -0.05) is 12.1 Å². The van der Waals surface area contributed by atoms with E-state index >= 15 is 0 Å². The molecule has 2 aliphatic rings. The van der Waals surface area contributed by atoms with E-state index in [2.05, 4.69) is 4.98 Å². The van der Waals surface area contributed by atoms with Gasteiger partial charge in [-0.15, -0.1) is 0 Å². The van der Waals surface area contributed by atoms with Crippen molar-refractivity contribution in [2.24, 2.45) is 5.73 Å². The molecule has 1 aromatic carbocycles. The fourth-order valence-electron chi connectivity index (χ4n) is 3.29. The number of nitrogens with zero attached hydrogens (tertiary/aromatic N) is 2. The van der Waals surface area contributed by atoms with Gasteiger partial charge in [-0.3, -0.25) is 9.59 Å². The highest BCUT2D eigenvalue weighted by atomic mass is 16.6. The molecule has 9 heteroatoms. The Hall–Kier alpha value is -2.75. The van der Waals surface area contributed by atoms with E-state index in [1.54, 1.807) is 18.3 Å². The van der Waals surface area contributed by atoms with E-state index in [0.29, 0.717) is 18.8 Å². The number of imidazole rings is 1. The summed E-state index contributed by atoms with van der Waals surface area (Å²) in [6.07, 6.45) is 2.56. The van der Waals surface area contributed by atoms with Crippen LogP contribution in [-0.2, 0) is 14.3 Å². The number of aliphatic hydroxyl groups excluding tert-OH is 1. The van der Waals surface area contributed by atoms with E-state index < -0.39 is 12.0 Å². The number of benzene rings is 1. The zero-order chi connectivity index (χ0) is 18.7. The number of hydrogen-bond donors (Lipinski definition) is 3. The highest BCUT2D eigenvalue weighted by Gasteiger charge is 2.48. The molecule has 2 aromatic rings. The number of aromatic nitrogens is 2. The van der Waals surface area contributed by atoms with Gasteiger partial charge in [-0.25, -0.2) is 4.98 Å². The average molecular weight is 361 g/mol. The monoisotopic (exact) mass is 361 g/mol. The summed E-state index contributed by atoms with van der Waals surface area (Å²) in [5, 5.41) is 16.8. The molecular formula is C17H19N3O6. The Morgan fingerprint density at radius 3 is 2.54 bits per heavy atom. The van der Waals surface area contributed by atoms with E-state index in [-0.39, 0.29) is 24.7 Å². The van der Waals surface area contributed by atoms with Crippen molar-refractivity contribution in [2.75, 3.05) is 13.2 Å². The molecule has 2 saturated heterocycles. The van der Waals surface area contributed by atoms with Crippen molar-refractivity contribution in [3.63, 3.8) is 0 Å². The van der Waals surface area contributed by atoms with Gasteiger partial charge in [0, 0.05) is 23.5 Å². The Balaban J connectivity index is 0.000000613. The van der Waals surface area contributed by atoms with Gasteiger partial charge in [0.2, 0.25) is 5.91 Å². The molecule has 138 valence electrons. The van der Waals surface area contributed by atoms with Crippen LogP contribution in [0.5, 0.6) is 0 Å². The van der Waals surface area contributed by atoms with Crippen LogP contribution in [0, 0.1) is 0 Å². The minimum absolute atomic E-state index is 0.0366. The van der Waals surface area contributed by atoms with Crippen LogP contribution in [0.3, 0.4) is 0 Å². The second-order valence-electron chi connectivity index (χ2n) is 5.94. The second-order valence-corrected chi connectivity index (χ2v) is 5.94. The van der Waals surface area contributed by atoms with E-state index in [1.807, 2.05) is 22.9 Å². The molecule has 0 radical (unpaired) electrons. The molecule has 0 bridgehead atoms. The van der Waals surface area contributed by atoms with Crippen LogP contribution >= 0.6 is 0 Å². The molecule has 26 heavy (non-hydrogen) atoms. The van der Waals surface area contributed by atoms with Gasteiger partial charge in [0.1, 0.15) is 24.1 Å². The second kappa shape index (κ2) is 7.65. The lowest BCUT2D eigenvalue weighted by atomic mass is 10.1.